The minimum Gasteiger partial charge on any atom is -0.496 e. The van der Waals surface area contributed by atoms with Crippen LogP contribution in [0.4, 0.5) is 0 Å². The molecule has 3 aromatic carbocycles. The summed E-state index contributed by atoms with van der Waals surface area (Å²) in [7, 11) is -2.28. The van der Waals surface area contributed by atoms with Crippen molar-refractivity contribution in [3.05, 3.63) is 83.9 Å². The van der Waals surface area contributed by atoms with E-state index in [0.29, 0.717) is 12.8 Å². The van der Waals surface area contributed by atoms with Crippen LogP contribution in [0.1, 0.15) is 24.0 Å². The Morgan fingerprint density at radius 3 is 2.38 bits per heavy atom. The maximum atomic E-state index is 13.2. The predicted octanol–water partition coefficient (Wildman–Crippen LogP) is 3.64. The van der Waals surface area contributed by atoms with Crippen molar-refractivity contribution in [2.75, 3.05) is 13.7 Å². The van der Waals surface area contributed by atoms with E-state index >= 15 is 0 Å². The van der Waals surface area contributed by atoms with E-state index in [0.717, 1.165) is 28.0 Å². The number of nitrogens with zero attached hydrogens (tertiary/aromatic N) is 1. The van der Waals surface area contributed by atoms with Gasteiger partial charge < -0.3 is 15.2 Å². The molecular weight excluding hydrogens is 492 g/mol. The van der Waals surface area contributed by atoms with Gasteiger partial charge in [0.2, 0.25) is 15.9 Å². The van der Waals surface area contributed by atoms with Crippen LogP contribution in [-0.4, -0.2) is 55.4 Å². The van der Waals surface area contributed by atoms with E-state index < -0.39 is 34.0 Å². The van der Waals surface area contributed by atoms with Gasteiger partial charge in [-0.3, -0.25) is 4.79 Å². The molecule has 0 aromatic heterocycles. The van der Waals surface area contributed by atoms with E-state index in [-0.39, 0.29) is 17.9 Å². The van der Waals surface area contributed by atoms with Crippen LogP contribution < -0.4 is 10.1 Å². The van der Waals surface area contributed by atoms with E-state index in [2.05, 4.69) is 5.32 Å². The average Bonchev–Trinajstić information content (AvgIpc) is 3.40. The Labute approximate surface area is 216 Å². The van der Waals surface area contributed by atoms with Crippen molar-refractivity contribution >= 4 is 21.9 Å². The van der Waals surface area contributed by atoms with Crippen molar-refractivity contribution in [3.8, 4) is 16.9 Å². The molecule has 0 unspecified atom stereocenters. The Morgan fingerprint density at radius 2 is 1.73 bits per heavy atom. The van der Waals surface area contributed by atoms with Gasteiger partial charge in [-0.15, -0.1) is 0 Å². The number of carboxylic acids is 1. The minimum atomic E-state index is -3.89. The first kappa shape index (κ1) is 26.4. The van der Waals surface area contributed by atoms with Crippen LogP contribution in [0.15, 0.2) is 77.7 Å². The summed E-state index contributed by atoms with van der Waals surface area (Å²) in [6.07, 6.45) is 0.910. The largest absolute Gasteiger partial charge is 0.496 e. The second-order valence-electron chi connectivity index (χ2n) is 9.09. The first-order valence-corrected chi connectivity index (χ1v) is 13.5. The van der Waals surface area contributed by atoms with Crippen LogP contribution in [0.2, 0.25) is 0 Å². The molecule has 2 N–H and O–H groups in total. The number of benzene rings is 3. The fraction of sp³-hybridized carbons (Fsp3) is 0.286. The number of aliphatic carboxylic acids is 1. The number of para-hydroxylation sites is 1. The maximum Gasteiger partial charge on any atom is 0.326 e. The number of rotatable bonds is 9. The third-order valence-electron chi connectivity index (χ3n) is 6.56. The molecule has 1 aliphatic heterocycles. The molecule has 0 radical (unpaired) electrons. The van der Waals surface area contributed by atoms with Gasteiger partial charge in [0.25, 0.3) is 0 Å². The quantitative estimate of drug-likeness (QED) is 0.444. The lowest BCUT2D eigenvalue weighted by molar-refractivity contribution is -0.142. The number of carbonyl (C=O) groups is 2. The molecule has 1 aliphatic rings. The number of sulfonamides is 1. The molecule has 8 nitrogen and oxygen atoms in total. The van der Waals surface area contributed by atoms with Gasteiger partial charge in [0, 0.05) is 18.5 Å². The number of nitrogens with one attached hydrogen (secondary N) is 1. The highest BCUT2D eigenvalue weighted by Crippen LogP contribution is 2.30. The minimum absolute atomic E-state index is 0.0602. The molecule has 3 aromatic rings. The first-order chi connectivity index (χ1) is 17.7. The van der Waals surface area contributed by atoms with Gasteiger partial charge in [0.15, 0.2) is 0 Å². The zero-order valence-electron chi connectivity index (χ0n) is 20.8. The van der Waals surface area contributed by atoms with Crippen molar-refractivity contribution in [2.24, 2.45) is 0 Å². The Morgan fingerprint density at radius 1 is 1.05 bits per heavy atom. The van der Waals surface area contributed by atoms with Crippen LogP contribution in [0.25, 0.3) is 11.1 Å². The van der Waals surface area contributed by atoms with Crippen molar-refractivity contribution in [2.45, 2.75) is 43.2 Å². The second-order valence-corrected chi connectivity index (χ2v) is 11.0. The fourth-order valence-corrected chi connectivity index (χ4v) is 6.20. The number of amides is 1. The number of methoxy groups -OCH3 is 1. The summed E-state index contributed by atoms with van der Waals surface area (Å²) < 4.78 is 33.0. The third kappa shape index (κ3) is 5.84. The number of carbonyl (C=O) groups excluding carboxylic acids is 1. The topological polar surface area (TPSA) is 113 Å². The normalized spacial score (nSPS) is 16.8. The van der Waals surface area contributed by atoms with E-state index in [4.69, 9.17) is 4.74 Å². The molecule has 4 rings (SSSR count). The summed E-state index contributed by atoms with van der Waals surface area (Å²) in [5.74, 6) is -1.06. The molecule has 0 spiro atoms. The Hall–Kier alpha value is -3.69. The van der Waals surface area contributed by atoms with Gasteiger partial charge in [0.1, 0.15) is 17.8 Å². The molecule has 0 bridgehead atoms. The summed E-state index contributed by atoms with van der Waals surface area (Å²) in [5.41, 5.74) is 3.48. The summed E-state index contributed by atoms with van der Waals surface area (Å²) in [4.78, 5) is 25.2. The molecule has 9 heteroatoms. The summed E-state index contributed by atoms with van der Waals surface area (Å²) in [5, 5.41) is 12.4. The van der Waals surface area contributed by atoms with E-state index in [1.54, 1.807) is 19.2 Å². The predicted molar refractivity (Wildman–Crippen MR) is 140 cm³/mol. The number of hydrogen-bond donors (Lipinski definition) is 2. The lowest BCUT2D eigenvalue weighted by atomic mass is 10.00. The van der Waals surface area contributed by atoms with E-state index in [1.807, 2.05) is 55.5 Å². The highest BCUT2D eigenvalue weighted by atomic mass is 32.2. The Balaban J connectivity index is 1.47. The van der Waals surface area contributed by atoms with Crippen molar-refractivity contribution in [1.82, 2.24) is 9.62 Å². The maximum absolute atomic E-state index is 13.2. The number of carboxylic acid groups (broad SMARTS) is 1. The fourth-order valence-electron chi connectivity index (χ4n) is 4.54. The first-order valence-electron chi connectivity index (χ1n) is 12.0. The van der Waals surface area contributed by atoms with E-state index in [9.17, 15) is 23.1 Å². The van der Waals surface area contributed by atoms with Crippen LogP contribution in [0.3, 0.4) is 0 Å². The van der Waals surface area contributed by atoms with Gasteiger partial charge in [-0.2, -0.15) is 4.31 Å². The SMILES string of the molecule is COc1ccccc1-c1ccc(C[C@H](NC(=O)[C@@H]2CCCN2S(=O)(=O)c2ccc(C)cc2)C(=O)O)cc1. The van der Waals surface area contributed by atoms with Crippen LogP contribution >= 0.6 is 0 Å². The smallest absolute Gasteiger partial charge is 0.326 e. The van der Waals surface area contributed by atoms with Gasteiger partial charge in [-0.05, 0) is 49.1 Å². The standard InChI is InChI=1S/C28H30N2O6S/c1-19-9-15-22(16-10-19)37(34,35)30-17-5-7-25(30)27(31)29-24(28(32)33)18-20-11-13-21(14-12-20)23-6-3-4-8-26(23)36-2/h3-4,6,8-16,24-25H,5,7,17-18H2,1-2H3,(H,29,31)(H,32,33)/t24-,25-/m0/s1. The van der Waals surface area contributed by atoms with Crippen LogP contribution in [0.5, 0.6) is 5.75 Å². The molecule has 1 heterocycles. The van der Waals surface area contributed by atoms with Crippen LogP contribution in [0, 0.1) is 6.92 Å². The van der Waals surface area contributed by atoms with Crippen LogP contribution in [-0.2, 0) is 26.0 Å². The summed E-state index contributed by atoms with van der Waals surface area (Å²) in [6.45, 7) is 2.07. The third-order valence-corrected chi connectivity index (χ3v) is 8.48. The molecule has 1 saturated heterocycles. The Kier molecular flexibility index (Phi) is 7.94. The van der Waals surface area contributed by atoms with Gasteiger partial charge >= 0.3 is 5.97 Å². The molecule has 0 saturated carbocycles. The zero-order valence-corrected chi connectivity index (χ0v) is 21.6. The molecule has 1 amide bonds. The molecule has 0 aliphatic carbocycles. The number of ether oxygens (including phenoxy) is 1. The summed E-state index contributed by atoms with van der Waals surface area (Å²) in [6, 6.07) is 19.3. The molecule has 37 heavy (non-hydrogen) atoms. The average molecular weight is 523 g/mol. The molecule has 194 valence electrons. The highest BCUT2D eigenvalue weighted by Gasteiger charge is 2.40. The van der Waals surface area contributed by atoms with Gasteiger partial charge in [0.05, 0.1) is 12.0 Å². The number of hydrogen-bond acceptors (Lipinski definition) is 5. The van der Waals surface area contributed by atoms with Crippen molar-refractivity contribution in [3.63, 3.8) is 0 Å². The molecule has 1 fully saturated rings. The molecule has 2 atom stereocenters. The lowest BCUT2D eigenvalue weighted by Crippen LogP contribution is -2.51. The second kappa shape index (κ2) is 11.1. The lowest BCUT2D eigenvalue weighted by Gasteiger charge is -2.25. The van der Waals surface area contributed by atoms with Crippen molar-refractivity contribution < 1.29 is 27.9 Å². The zero-order chi connectivity index (χ0) is 26.6. The van der Waals surface area contributed by atoms with E-state index in [1.165, 1.54) is 16.4 Å². The van der Waals surface area contributed by atoms with Crippen molar-refractivity contribution in [1.29, 1.82) is 0 Å². The van der Waals surface area contributed by atoms with Gasteiger partial charge in [-0.1, -0.05) is 60.2 Å². The number of aryl methyl sites for hydroxylation is 1. The molecular formula is C28H30N2O6S. The Bertz CT molecular complexity index is 1370. The van der Waals surface area contributed by atoms with Gasteiger partial charge in [-0.25, -0.2) is 13.2 Å². The highest BCUT2D eigenvalue weighted by molar-refractivity contribution is 7.89. The monoisotopic (exact) mass is 522 g/mol. The summed E-state index contributed by atoms with van der Waals surface area (Å²) >= 11 is 0.